The predicted molar refractivity (Wildman–Crippen MR) is 124 cm³/mol. The van der Waals surface area contributed by atoms with Crippen molar-refractivity contribution in [2.24, 2.45) is 0 Å². The number of piperazine rings is 1. The molecule has 1 amide bonds. The molecule has 0 aromatic carbocycles. The summed E-state index contributed by atoms with van der Waals surface area (Å²) in [5, 5.41) is 14.2. The van der Waals surface area contributed by atoms with E-state index in [9.17, 15) is 9.90 Å². The van der Waals surface area contributed by atoms with Gasteiger partial charge in [0.25, 0.3) is 0 Å². The van der Waals surface area contributed by atoms with Crippen molar-refractivity contribution in [3.8, 4) is 0 Å². The van der Waals surface area contributed by atoms with Gasteiger partial charge in [-0.25, -0.2) is 9.97 Å². The van der Waals surface area contributed by atoms with Crippen molar-refractivity contribution < 1.29 is 9.90 Å². The molecule has 1 aliphatic heterocycles. The van der Waals surface area contributed by atoms with Crippen LogP contribution < -0.4 is 10.2 Å². The summed E-state index contributed by atoms with van der Waals surface area (Å²) in [7, 11) is 0. The molecule has 1 fully saturated rings. The molecular formula is C23H31ClN6O2. The number of aliphatic hydroxyl groups is 1. The number of anilines is 1. The summed E-state index contributed by atoms with van der Waals surface area (Å²) in [5.74, 6) is 0.825. The number of hydrogen-bond acceptors (Lipinski definition) is 7. The van der Waals surface area contributed by atoms with E-state index in [0.29, 0.717) is 44.2 Å². The van der Waals surface area contributed by atoms with Crippen LogP contribution in [0.15, 0.2) is 24.7 Å². The molecule has 172 valence electrons. The van der Waals surface area contributed by atoms with Crippen molar-refractivity contribution in [3.05, 3.63) is 46.6 Å². The highest BCUT2D eigenvalue weighted by molar-refractivity contribution is 6.30. The van der Waals surface area contributed by atoms with Gasteiger partial charge in [-0.2, -0.15) is 0 Å². The van der Waals surface area contributed by atoms with Gasteiger partial charge in [0.1, 0.15) is 12.1 Å². The van der Waals surface area contributed by atoms with Gasteiger partial charge in [-0.3, -0.25) is 9.78 Å². The molecule has 8 nitrogen and oxygen atoms in total. The number of halogens is 1. The van der Waals surface area contributed by atoms with Crippen molar-refractivity contribution in [2.45, 2.75) is 51.2 Å². The van der Waals surface area contributed by atoms with Crippen LogP contribution in [0.1, 0.15) is 62.1 Å². The maximum Gasteiger partial charge on any atom is 0.233 e. The Bertz CT molecular complexity index is 946. The maximum absolute atomic E-state index is 13.5. The number of rotatable bonds is 6. The number of amides is 1. The zero-order valence-electron chi connectivity index (χ0n) is 18.8. The number of aromatic nitrogens is 3. The molecule has 1 saturated heterocycles. The SMILES string of the molecule is CC(C)NC[C@@H](C(=O)N1CCN(c2ncnc3c2[C@H](C)C[C@H]3O)CC1)c1ccc(Cl)cn1. The predicted octanol–water partition coefficient (Wildman–Crippen LogP) is 2.50. The number of nitrogens with one attached hydrogen (secondary N) is 1. The molecule has 0 bridgehead atoms. The summed E-state index contributed by atoms with van der Waals surface area (Å²) in [4.78, 5) is 30.8. The van der Waals surface area contributed by atoms with Gasteiger partial charge in [-0.05, 0) is 24.5 Å². The first kappa shape index (κ1) is 22.9. The highest BCUT2D eigenvalue weighted by atomic mass is 35.5. The second-order valence-electron chi connectivity index (χ2n) is 8.98. The van der Waals surface area contributed by atoms with Crippen LogP contribution in [0.5, 0.6) is 0 Å². The van der Waals surface area contributed by atoms with Gasteiger partial charge in [-0.1, -0.05) is 32.4 Å². The Balaban J connectivity index is 1.47. The van der Waals surface area contributed by atoms with Crippen LogP contribution in [0.2, 0.25) is 5.02 Å². The number of hydrogen-bond donors (Lipinski definition) is 2. The third-order valence-corrected chi connectivity index (χ3v) is 6.53. The van der Waals surface area contributed by atoms with Crippen LogP contribution in [0.3, 0.4) is 0 Å². The number of pyridine rings is 1. The Hall–Kier alpha value is -2.29. The topological polar surface area (TPSA) is 94.5 Å². The molecule has 0 unspecified atom stereocenters. The lowest BCUT2D eigenvalue weighted by Crippen LogP contribution is -2.51. The highest BCUT2D eigenvalue weighted by Crippen LogP contribution is 2.42. The Morgan fingerprint density at radius 1 is 1.22 bits per heavy atom. The molecule has 0 spiro atoms. The fourth-order valence-electron chi connectivity index (χ4n) is 4.58. The average molecular weight is 459 g/mol. The summed E-state index contributed by atoms with van der Waals surface area (Å²) in [6, 6.07) is 3.88. The third kappa shape index (κ3) is 4.72. The summed E-state index contributed by atoms with van der Waals surface area (Å²) >= 11 is 6.00. The molecule has 3 heterocycles. The quantitative estimate of drug-likeness (QED) is 0.686. The second-order valence-corrected chi connectivity index (χ2v) is 9.41. The molecule has 0 saturated carbocycles. The fraction of sp³-hybridized carbons (Fsp3) is 0.565. The van der Waals surface area contributed by atoms with Crippen molar-refractivity contribution in [2.75, 3.05) is 37.6 Å². The minimum atomic E-state index is -0.522. The number of fused-ring (bicyclic) bond motifs is 1. The molecule has 2 aromatic rings. The minimum absolute atomic E-state index is 0.0735. The van der Waals surface area contributed by atoms with E-state index in [1.165, 1.54) is 6.33 Å². The standard InChI is InChI=1S/C23H31ClN6O2/c1-14(2)25-12-17(18-5-4-16(24)11-26-18)23(32)30-8-6-29(7-9-30)22-20-15(3)10-19(31)21(20)27-13-28-22/h4-5,11,13-15,17,19,25,31H,6-10,12H2,1-3H3/t15-,17-,19-/m1/s1. The molecule has 2 aromatic heterocycles. The van der Waals surface area contributed by atoms with Gasteiger partial charge >= 0.3 is 0 Å². The maximum atomic E-state index is 13.5. The van der Waals surface area contributed by atoms with E-state index < -0.39 is 6.10 Å². The molecule has 32 heavy (non-hydrogen) atoms. The van der Waals surface area contributed by atoms with Crippen LogP contribution >= 0.6 is 11.6 Å². The summed E-state index contributed by atoms with van der Waals surface area (Å²) < 4.78 is 0. The zero-order valence-corrected chi connectivity index (χ0v) is 19.6. The first-order valence-electron chi connectivity index (χ1n) is 11.3. The molecule has 9 heteroatoms. The summed E-state index contributed by atoms with van der Waals surface area (Å²) in [6.45, 7) is 9.36. The van der Waals surface area contributed by atoms with Gasteiger partial charge in [0.05, 0.1) is 28.4 Å². The van der Waals surface area contributed by atoms with Gasteiger partial charge < -0.3 is 20.2 Å². The van der Waals surface area contributed by atoms with Gasteiger partial charge in [0.2, 0.25) is 5.91 Å². The minimum Gasteiger partial charge on any atom is -0.387 e. The molecule has 3 atom stereocenters. The second kappa shape index (κ2) is 9.68. The molecule has 4 rings (SSSR count). The first-order chi connectivity index (χ1) is 15.3. The lowest BCUT2D eigenvalue weighted by Gasteiger charge is -2.38. The van der Waals surface area contributed by atoms with E-state index in [-0.39, 0.29) is 23.8 Å². The van der Waals surface area contributed by atoms with Crippen LogP contribution in [0.25, 0.3) is 0 Å². The lowest BCUT2D eigenvalue weighted by atomic mass is 10.0. The van der Waals surface area contributed by atoms with Crippen molar-refractivity contribution in [1.82, 2.24) is 25.2 Å². The lowest BCUT2D eigenvalue weighted by molar-refractivity contribution is -0.133. The van der Waals surface area contributed by atoms with E-state index in [1.807, 2.05) is 11.0 Å². The largest absolute Gasteiger partial charge is 0.387 e. The zero-order chi connectivity index (χ0) is 22.8. The molecule has 1 aliphatic carbocycles. The van der Waals surface area contributed by atoms with Crippen LogP contribution in [-0.4, -0.2) is 69.6 Å². The summed E-state index contributed by atoms with van der Waals surface area (Å²) in [5.41, 5.74) is 2.52. The number of nitrogens with zero attached hydrogens (tertiary/aromatic N) is 5. The summed E-state index contributed by atoms with van der Waals surface area (Å²) in [6.07, 6.45) is 3.28. The molecule has 2 aliphatic rings. The van der Waals surface area contributed by atoms with Crippen LogP contribution in [0, 0.1) is 0 Å². The van der Waals surface area contributed by atoms with Gasteiger partial charge in [0, 0.05) is 50.5 Å². The Morgan fingerprint density at radius 3 is 2.62 bits per heavy atom. The fourth-order valence-corrected chi connectivity index (χ4v) is 4.69. The van der Waals surface area contributed by atoms with Crippen molar-refractivity contribution in [3.63, 3.8) is 0 Å². The monoisotopic (exact) mass is 458 g/mol. The van der Waals surface area contributed by atoms with Crippen LogP contribution in [-0.2, 0) is 4.79 Å². The van der Waals surface area contributed by atoms with E-state index in [4.69, 9.17) is 11.6 Å². The van der Waals surface area contributed by atoms with E-state index in [1.54, 1.807) is 12.3 Å². The van der Waals surface area contributed by atoms with Gasteiger partial charge in [-0.15, -0.1) is 0 Å². The smallest absolute Gasteiger partial charge is 0.233 e. The van der Waals surface area contributed by atoms with Gasteiger partial charge in [0.15, 0.2) is 0 Å². The average Bonchev–Trinajstić information content (AvgIpc) is 3.08. The van der Waals surface area contributed by atoms with E-state index in [2.05, 4.69) is 45.9 Å². The third-order valence-electron chi connectivity index (χ3n) is 6.31. The van der Waals surface area contributed by atoms with Crippen molar-refractivity contribution in [1.29, 1.82) is 0 Å². The number of carbonyl (C=O) groups excluding carboxylic acids is 1. The first-order valence-corrected chi connectivity index (χ1v) is 11.6. The number of carbonyl (C=O) groups is 1. The Kier molecular flexibility index (Phi) is 6.93. The Labute approximate surface area is 194 Å². The Morgan fingerprint density at radius 2 is 1.97 bits per heavy atom. The molecular weight excluding hydrogens is 428 g/mol. The van der Waals surface area contributed by atoms with E-state index in [0.717, 1.165) is 22.8 Å². The van der Waals surface area contributed by atoms with Crippen LogP contribution in [0.4, 0.5) is 5.82 Å². The highest BCUT2D eigenvalue weighted by Gasteiger charge is 2.35. The normalized spacial score (nSPS) is 21.7. The molecule has 0 radical (unpaired) electrons. The van der Waals surface area contributed by atoms with E-state index >= 15 is 0 Å². The molecule has 2 N–H and O–H groups in total. The van der Waals surface area contributed by atoms with Crippen molar-refractivity contribution >= 4 is 23.3 Å². The number of aliphatic hydroxyl groups excluding tert-OH is 1.